The molecule has 154 valence electrons. The van der Waals surface area contributed by atoms with E-state index >= 15 is 0 Å². The van der Waals surface area contributed by atoms with Gasteiger partial charge in [-0.05, 0) is 61.6 Å². The quantitative estimate of drug-likeness (QED) is 0.644. The normalized spacial score (nSPS) is 20.2. The molecule has 6 heteroatoms. The molecule has 1 aliphatic carbocycles. The maximum atomic E-state index is 12.3. The zero-order chi connectivity index (χ0) is 20.1. The number of aliphatic hydroxyl groups is 1. The van der Waals surface area contributed by atoms with Gasteiger partial charge in [0.25, 0.3) is 0 Å². The van der Waals surface area contributed by atoms with Gasteiger partial charge < -0.3 is 10.2 Å². The number of aliphatic hydroxyl groups excluding tert-OH is 1. The number of aromatic carboxylic acids is 1. The molecule has 6 nitrogen and oxygen atoms in total. The minimum absolute atomic E-state index is 0.141. The van der Waals surface area contributed by atoms with Crippen LogP contribution < -0.4 is 0 Å². The number of carboxylic acids is 1. The average Bonchev–Trinajstić information content (AvgIpc) is 2.99. The Bertz CT molecular complexity index is 679. The highest BCUT2D eigenvalue weighted by molar-refractivity contribution is 5.87. The van der Waals surface area contributed by atoms with Gasteiger partial charge in [0.15, 0.2) is 0 Å². The third-order valence-corrected chi connectivity index (χ3v) is 6.68. The molecule has 1 amide bonds. The molecule has 2 N–H and O–H groups in total. The molecular formula is C22H32N2O4. The second-order valence-corrected chi connectivity index (χ2v) is 8.20. The van der Waals surface area contributed by atoms with Crippen LogP contribution in [-0.4, -0.2) is 57.8 Å². The summed E-state index contributed by atoms with van der Waals surface area (Å²) in [4.78, 5) is 23.2. The van der Waals surface area contributed by atoms with E-state index in [4.69, 9.17) is 5.11 Å². The number of amides is 1. The smallest absolute Gasteiger partial charge is 0.335 e. The Balaban J connectivity index is 1.47. The molecule has 1 saturated heterocycles. The third kappa shape index (κ3) is 4.55. The molecule has 1 aliphatic heterocycles. The fourth-order valence-corrected chi connectivity index (χ4v) is 4.51. The summed E-state index contributed by atoms with van der Waals surface area (Å²) in [5.74, 6) is -0.784. The molecule has 1 saturated carbocycles. The number of rotatable bonds is 10. The fraction of sp³-hybridized carbons (Fsp3) is 0.636. The molecule has 0 unspecified atom stereocenters. The Kier molecular flexibility index (Phi) is 6.73. The van der Waals surface area contributed by atoms with E-state index in [-0.39, 0.29) is 23.0 Å². The Labute approximate surface area is 167 Å². The van der Waals surface area contributed by atoms with Crippen molar-refractivity contribution in [3.8, 4) is 0 Å². The van der Waals surface area contributed by atoms with Crippen molar-refractivity contribution in [1.82, 2.24) is 10.0 Å². The Hall–Kier alpha value is -1.92. The van der Waals surface area contributed by atoms with Crippen LogP contribution in [0.4, 0.5) is 0 Å². The first-order valence-corrected chi connectivity index (χ1v) is 10.5. The maximum absolute atomic E-state index is 12.3. The Morgan fingerprint density at radius 1 is 1.21 bits per heavy atom. The number of hydrogen-bond donors (Lipinski definition) is 2. The number of carboxylic acid groups (broad SMARTS) is 1. The predicted octanol–water partition coefficient (Wildman–Crippen LogP) is 3.10. The molecule has 1 aromatic rings. The lowest BCUT2D eigenvalue weighted by Gasteiger charge is -2.45. The molecule has 3 rings (SSSR count). The maximum Gasteiger partial charge on any atom is 0.335 e. The molecule has 0 aromatic heterocycles. The summed E-state index contributed by atoms with van der Waals surface area (Å²) in [5, 5.41) is 23.5. The molecule has 1 aromatic carbocycles. The minimum atomic E-state index is -0.929. The highest BCUT2D eigenvalue weighted by Crippen LogP contribution is 2.47. The van der Waals surface area contributed by atoms with Crippen molar-refractivity contribution in [1.29, 1.82) is 0 Å². The van der Waals surface area contributed by atoms with Gasteiger partial charge in [-0.3, -0.25) is 9.80 Å². The first-order chi connectivity index (χ1) is 13.4. The van der Waals surface area contributed by atoms with E-state index < -0.39 is 5.97 Å². The van der Waals surface area contributed by atoms with Gasteiger partial charge in [0, 0.05) is 26.1 Å². The van der Waals surface area contributed by atoms with Gasteiger partial charge in [-0.2, -0.15) is 0 Å². The lowest BCUT2D eigenvalue weighted by Crippen LogP contribution is -2.43. The molecule has 0 spiro atoms. The van der Waals surface area contributed by atoms with Gasteiger partial charge in [-0.25, -0.2) is 9.80 Å². The third-order valence-electron chi connectivity index (χ3n) is 6.68. The van der Waals surface area contributed by atoms with Crippen LogP contribution in [-0.2, 0) is 11.2 Å². The van der Waals surface area contributed by atoms with Crippen molar-refractivity contribution in [2.45, 2.75) is 64.4 Å². The van der Waals surface area contributed by atoms with Crippen LogP contribution in [0.3, 0.4) is 0 Å². The number of carbonyl (C=O) groups is 2. The van der Waals surface area contributed by atoms with Crippen LogP contribution in [0.5, 0.6) is 0 Å². The van der Waals surface area contributed by atoms with Crippen molar-refractivity contribution in [3.05, 3.63) is 35.4 Å². The first-order valence-electron chi connectivity index (χ1n) is 10.5. The second kappa shape index (κ2) is 9.05. The molecule has 1 atom stereocenters. The summed E-state index contributed by atoms with van der Waals surface area (Å²) < 4.78 is 0. The van der Waals surface area contributed by atoms with Gasteiger partial charge in [0.05, 0.1) is 11.7 Å². The van der Waals surface area contributed by atoms with E-state index in [1.807, 2.05) is 17.1 Å². The van der Waals surface area contributed by atoms with Gasteiger partial charge in [-0.1, -0.05) is 25.5 Å². The standard InChI is InChI=1S/C22H32N2O4/c1-2-22(12-4-13-22)19(25)5-3-14-23-15-11-20(26)24(23)16-10-17-6-8-18(9-7-17)21(27)28/h6-9,19,25H,2-5,10-16H2,1H3,(H,27,28)/t19-/m0/s1. The van der Waals surface area contributed by atoms with Gasteiger partial charge in [-0.15, -0.1) is 0 Å². The molecule has 2 fully saturated rings. The number of hydrogen-bond acceptors (Lipinski definition) is 4. The molecule has 0 bridgehead atoms. The average molecular weight is 389 g/mol. The van der Waals surface area contributed by atoms with Gasteiger partial charge in [0.1, 0.15) is 0 Å². The highest BCUT2D eigenvalue weighted by Gasteiger charge is 2.41. The summed E-state index contributed by atoms with van der Waals surface area (Å²) in [6, 6.07) is 6.83. The van der Waals surface area contributed by atoms with E-state index in [9.17, 15) is 14.7 Å². The van der Waals surface area contributed by atoms with Gasteiger partial charge >= 0.3 is 5.97 Å². The van der Waals surface area contributed by atoms with Crippen molar-refractivity contribution < 1.29 is 19.8 Å². The fourth-order valence-electron chi connectivity index (χ4n) is 4.51. The summed E-state index contributed by atoms with van der Waals surface area (Å²) in [6.07, 6.45) is 7.24. The summed E-state index contributed by atoms with van der Waals surface area (Å²) in [7, 11) is 0. The van der Waals surface area contributed by atoms with Crippen molar-refractivity contribution in [3.63, 3.8) is 0 Å². The highest BCUT2D eigenvalue weighted by atomic mass is 16.4. The molecular weight excluding hydrogens is 356 g/mol. The van der Waals surface area contributed by atoms with Crippen molar-refractivity contribution in [2.24, 2.45) is 5.41 Å². The molecule has 2 aliphatic rings. The Morgan fingerprint density at radius 2 is 1.93 bits per heavy atom. The van der Waals surface area contributed by atoms with Crippen LogP contribution in [0.2, 0.25) is 0 Å². The van der Waals surface area contributed by atoms with Crippen LogP contribution in [0.15, 0.2) is 24.3 Å². The number of benzene rings is 1. The summed E-state index contributed by atoms with van der Waals surface area (Å²) in [5.41, 5.74) is 1.44. The molecule has 0 radical (unpaired) electrons. The zero-order valence-electron chi connectivity index (χ0n) is 16.8. The topological polar surface area (TPSA) is 81.1 Å². The molecule has 28 heavy (non-hydrogen) atoms. The first kappa shape index (κ1) is 20.8. The number of nitrogens with zero attached hydrogens (tertiary/aromatic N) is 2. The van der Waals surface area contributed by atoms with E-state index in [1.54, 1.807) is 12.1 Å². The number of carbonyl (C=O) groups excluding carboxylic acids is 1. The number of hydrazine groups is 1. The van der Waals surface area contributed by atoms with E-state index in [2.05, 4.69) is 11.9 Å². The Morgan fingerprint density at radius 3 is 2.50 bits per heavy atom. The van der Waals surface area contributed by atoms with Crippen LogP contribution in [0.25, 0.3) is 0 Å². The van der Waals surface area contributed by atoms with Crippen LogP contribution >= 0.6 is 0 Å². The second-order valence-electron chi connectivity index (χ2n) is 8.20. The van der Waals surface area contributed by atoms with E-state index in [1.165, 1.54) is 6.42 Å². The molecule has 1 heterocycles. The predicted molar refractivity (Wildman–Crippen MR) is 107 cm³/mol. The lowest BCUT2D eigenvalue weighted by molar-refractivity contribution is -0.138. The largest absolute Gasteiger partial charge is 0.478 e. The SMILES string of the molecule is CCC1([C@@H](O)CCCN2CCC(=O)N2CCc2ccc(C(=O)O)cc2)CCC1. The minimum Gasteiger partial charge on any atom is -0.478 e. The van der Waals surface area contributed by atoms with Crippen LogP contribution in [0.1, 0.15) is 67.8 Å². The van der Waals surface area contributed by atoms with E-state index in [0.29, 0.717) is 19.4 Å². The lowest BCUT2D eigenvalue weighted by atomic mass is 9.62. The summed E-state index contributed by atoms with van der Waals surface area (Å²) >= 11 is 0. The van der Waals surface area contributed by atoms with E-state index in [0.717, 1.165) is 50.8 Å². The van der Waals surface area contributed by atoms with Gasteiger partial charge in [0.2, 0.25) is 5.91 Å². The zero-order valence-corrected chi connectivity index (χ0v) is 16.8. The van der Waals surface area contributed by atoms with Crippen molar-refractivity contribution >= 4 is 11.9 Å². The van der Waals surface area contributed by atoms with Crippen molar-refractivity contribution in [2.75, 3.05) is 19.6 Å². The monoisotopic (exact) mass is 388 g/mol. The van der Waals surface area contributed by atoms with Crippen LogP contribution in [0, 0.1) is 5.41 Å². The summed E-state index contributed by atoms with van der Waals surface area (Å²) in [6.45, 7) is 4.31.